The maximum atomic E-state index is 5.63. The molecular formula is C12H21N3OS. The van der Waals surface area contributed by atoms with Crippen molar-refractivity contribution in [2.45, 2.75) is 19.4 Å². The standard InChI is InChI=1S/C12H21N3OS/c1-13-7-11-8-14-12(17-11)15(2)5-6-16-9-10-3-4-10/h8,10,13H,3-7,9H2,1-2H3. The molecule has 4 nitrogen and oxygen atoms in total. The van der Waals surface area contributed by atoms with Gasteiger partial charge in [-0.15, -0.1) is 11.3 Å². The zero-order valence-corrected chi connectivity index (χ0v) is 11.4. The summed E-state index contributed by atoms with van der Waals surface area (Å²) in [6, 6.07) is 0. The molecule has 0 amide bonds. The molecule has 96 valence electrons. The summed E-state index contributed by atoms with van der Waals surface area (Å²) in [7, 11) is 4.03. The molecule has 0 bridgehead atoms. The largest absolute Gasteiger partial charge is 0.379 e. The number of hydrogen-bond donors (Lipinski definition) is 1. The molecule has 1 aliphatic rings. The fourth-order valence-corrected chi connectivity index (χ4v) is 2.47. The normalized spacial score (nSPS) is 15.2. The number of anilines is 1. The average molecular weight is 255 g/mol. The van der Waals surface area contributed by atoms with Crippen LogP contribution in [0.2, 0.25) is 0 Å². The van der Waals surface area contributed by atoms with E-state index in [1.165, 1.54) is 17.7 Å². The van der Waals surface area contributed by atoms with Crippen LogP contribution in [-0.2, 0) is 11.3 Å². The summed E-state index contributed by atoms with van der Waals surface area (Å²) in [4.78, 5) is 7.84. The van der Waals surface area contributed by atoms with Gasteiger partial charge in [0.25, 0.3) is 0 Å². The molecule has 1 N–H and O–H groups in total. The van der Waals surface area contributed by atoms with E-state index in [2.05, 4.69) is 22.2 Å². The lowest BCUT2D eigenvalue weighted by Gasteiger charge is -2.15. The van der Waals surface area contributed by atoms with Gasteiger partial charge in [-0.1, -0.05) is 0 Å². The lowest BCUT2D eigenvalue weighted by atomic mass is 10.5. The van der Waals surface area contributed by atoms with Crippen molar-refractivity contribution in [3.05, 3.63) is 11.1 Å². The SMILES string of the molecule is CNCc1cnc(N(C)CCOCC2CC2)s1. The minimum Gasteiger partial charge on any atom is -0.379 e. The van der Waals surface area contributed by atoms with Crippen LogP contribution < -0.4 is 10.2 Å². The second-order valence-electron chi connectivity index (χ2n) is 4.58. The molecular weight excluding hydrogens is 234 g/mol. The molecule has 1 heterocycles. The van der Waals surface area contributed by atoms with Crippen LogP contribution in [0, 0.1) is 5.92 Å². The summed E-state index contributed by atoms with van der Waals surface area (Å²) < 4.78 is 5.63. The predicted molar refractivity (Wildman–Crippen MR) is 71.7 cm³/mol. The Labute approximate surface area is 107 Å². The number of nitrogens with one attached hydrogen (secondary N) is 1. The van der Waals surface area contributed by atoms with Crippen molar-refractivity contribution >= 4 is 16.5 Å². The lowest BCUT2D eigenvalue weighted by Crippen LogP contribution is -2.22. The van der Waals surface area contributed by atoms with E-state index < -0.39 is 0 Å². The first-order chi connectivity index (χ1) is 8.29. The van der Waals surface area contributed by atoms with E-state index in [0.29, 0.717) is 0 Å². The van der Waals surface area contributed by atoms with Crippen LogP contribution in [0.15, 0.2) is 6.20 Å². The molecule has 2 rings (SSSR count). The molecule has 0 unspecified atom stereocenters. The first kappa shape index (κ1) is 12.8. The minimum atomic E-state index is 0.800. The maximum absolute atomic E-state index is 5.63. The molecule has 1 aliphatic carbocycles. The van der Waals surface area contributed by atoms with Gasteiger partial charge in [-0.3, -0.25) is 0 Å². The number of likely N-dealkylation sites (N-methyl/N-ethyl adjacent to an activating group) is 1. The molecule has 1 aromatic heterocycles. The number of nitrogens with zero attached hydrogens (tertiary/aromatic N) is 2. The third-order valence-corrected chi connectivity index (χ3v) is 3.95. The monoisotopic (exact) mass is 255 g/mol. The molecule has 0 saturated heterocycles. The molecule has 0 atom stereocenters. The molecule has 1 fully saturated rings. The van der Waals surface area contributed by atoms with E-state index in [9.17, 15) is 0 Å². The Morgan fingerprint density at radius 2 is 2.41 bits per heavy atom. The summed E-state index contributed by atoms with van der Waals surface area (Å²) in [5, 5.41) is 4.21. The van der Waals surface area contributed by atoms with Gasteiger partial charge in [0, 0.05) is 37.8 Å². The van der Waals surface area contributed by atoms with E-state index in [-0.39, 0.29) is 0 Å². The van der Waals surface area contributed by atoms with Gasteiger partial charge in [-0.25, -0.2) is 4.98 Å². The van der Waals surface area contributed by atoms with Crippen LogP contribution in [0.5, 0.6) is 0 Å². The van der Waals surface area contributed by atoms with E-state index in [0.717, 1.165) is 37.4 Å². The van der Waals surface area contributed by atoms with Crippen molar-refractivity contribution in [1.29, 1.82) is 0 Å². The summed E-state index contributed by atoms with van der Waals surface area (Å²) >= 11 is 1.74. The van der Waals surface area contributed by atoms with Crippen molar-refractivity contribution in [3.63, 3.8) is 0 Å². The molecule has 0 aromatic carbocycles. The highest BCUT2D eigenvalue weighted by molar-refractivity contribution is 7.15. The van der Waals surface area contributed by atoms with Gasteiger partial charge in [-0.05, 0) is 25.8 Å². The highest BCUT2D eigenvalue weighted by Gasteiger charge is 2.21. The molecule has 5 heteroatoms. The van der Waals surface area contributed by atoms with Gasteiger partial charge in [0.15, 0.2) is 5.13 Å². The van der Waals surface area contributed by atoms with Gasteiger partial charge in [0.05, 0.1) is 6.61 Å². The summed E-state index contributed by atoms with van der Waals surface area (Å²) in [5.74, 6) is 0.849. The molecule has 0 aliphatic heterocycles. The van der Waals surface area contributed by atoms with Crippen molar-refractivity contribution in [2.75, 3.05) is 38.8 Å². The van der Waals surface area contributed by atoms with Crippen LogP contribution in [0.4, 0.5) is 5.13 Å². The van der Waals surface area contributed by atoms with Crippen LogP contribution in [0.3, 0.4) is 0 Å². The Bertz CT molecular complexity index is 338. The van der Waals surface area contributed by atoms with Gasteiger partial charge < -0.3 is 15.0 Å². The predicted octanol–water partition coefficient (Wildman–Crippen LogP) is 1.73. The topological polar surface area (TPSA) is 37.4 Å². The summed E-state index contributed by atoms with van der Waals surface area (Å²) in [6.45, 7) is 3.55. The molecule has 0 radical (unpaired) electrons. The zero-order valence-electron chi connectivity index (χ0n) is 10.6. The molecule has 1 saturated carbocycles. The molecule has 1 aromatic rings. The van der Waals surface area contributed by atoms with Crippen molar-refractivity contribution < 1.29 is 4.74 Å². The quantitative estimate of drug-likeness (QED) is 0.718. The van der Waals surface area contributed by atoms with Gasteiger partial charge >= 0.3 is 0 Å². The van der Waals surface area contributed by atoms with Crippen LogP contribution >= 0.6 is 11.3 Å². The van der Waals surface area contributed by atoms with Crippen molar-refractivity contribution in [2.24, 2.45) is 5.92 Å². The van der Waals surface area contributed by atoms with Gasteiger partial charge in [-0.2, -0.15) is 0 Å². The van der Waals surface area contributed by atoms with Crippen LogP contribution in [0.25, 0.3) is 0 Å². The maximum Gasteiger partial charge on any atom is 0.185 e. The average Bonchev–Trinajstić information content (AvgIpc) is 3.03. The smallest absolute Gasteiger partial charge is 0.185 e. The van der Waals surface area contributed by atoms with Gasteiger partial charge in [0.2, 0.25) is 0 Å². The summed E-state index contributed by atoms with van der Waals surface area (Å²) in [5.41, 5.74) is 0. The van der Waals surface area contributed by atoms with E-state index in [1.54, 1.807) is 11.3 Å². The first-order valence-electron chi connectivity index (χ1n) is 6.17. The fraction of sp³-hybridized carbons (Fsp3) is 0.750. The van der Waals surface area contributed by atoms with E-state index >= 15 is 0 Å². The van der Waals surface area contributed by atoms with Crippen molar-refractivity contribution in [1.82, 2.24) is 10.3 Å². The van der Waals surface area contributed by atoms with Crippen LogP contribution in [0.1, 0.15) is 17.7 Å². The number of rotatable bonds is 8. The number of hydrogen-bond acceptors (Lipinski definition) is 5. The molecule has 0 spiro atoms. The second-order valence-corrected chi connectivity index (χ2v) is 5.67. The fourth-order valence-electron chi connectivity index (χ4n) is 1.56. The second kappa shape index (κ2) is 6.33. The minimum absolute atomic E-state index is 0.800. The Morgan fingerprint density at radius 3 is 3.12 bits per heavy atom. The summed E-state index contributed by atoms with van der Waals surface area (Å²) in [6.07, 6.45) is 4.66. The van der Waals surface area contributed by atoms with Gasteiger partial charge in [0.1, 0.15) is 0 Å². The number of ether oxygens (including phenoxy) is 1. The van der Waals surface area contributed by atoms with E-state index in [4.69, 9.17) is 4.74 Å². The first-order valence-corrected chi connectivity index (χ1v) is 6.99. The number of thiazole rings is 1. The highest BCUT2D eigenvalue weighted by atomic mass is 32.1. The highest BCUT2D eigenvalue weighted by Crippen LogP contribution is 2.28. The third-order valence-electron chi connectivity index (χ3n) is 2.84. The lowest BCUT2D eigenvalue weighted by molar-refractivity contribution is 0.131. The third kappa shape index (κ3) is 4.26. The Kier molecular flexibility index (Phi) is 4.76. The van der Waals surface area contributed by atoms with E-state index in [1.807, 2.05) is 13.2 Å². The zero-order chi connectivity index (χ0) is 12.1. The Balaban J connectivity index is 1.67. The van der Waals surface area contributed by atoms with Crippen molar-refractivity contribution in [3.8, 4) is 0 Å². The molecule has 17 heavy (non-hydrogen) atoms. The Hall–Kier alpha value is -0.650. The number of aromatic nitrogens is 1. The Morgan fingerprint density at radius 1 is 1.59 bits per heavy atom. The van der Waals surface area contributed by atoms with Crippen LogP contribution in [-0.4, -0.2) is 38.8 Å².